The molecule has 0 aromatic heterocycles. The highest BCUT2D eigenvalue weighted by atomic mass is 16.7. The monoisotopic (exact) mass is 700 g/mol. The number of benzene rings is 3. The average molecular weight is 701 g/mol. The van der Waals surface area contributed by atoms with E-state index in [0.717, 1.165) is 42.5 Å². The highest BCUT2D eigenvalue weighted by molar-refractivity contribution is 5.93. The lowest BCUT2D eigenvalue weighted by molar-refractivity contribution is -0.253. The fraction of sp³-hybridized carbons (Fsp3) is 0.475. The fourth-order valence-corrected chi connectivity index (χ4v) is 6.49. The summed E-state index contributed by atoms with van der Waals surface area (Å²) in [5, 5.41) is 15.3. The first-order valence-electron chi connectivity index (χ1n) is 18.0. The first kappa shape index (κ1) is 38.0. The quantitative estimate of drug-likeness (QED) is 0.0824. The molecule has 11 nitrogen and oxygen atoms in total. The summed E-state index contributed by atoms with van der Waals surface area (Å²) in [6.45, 7) is 6.98. The first-order valence-corrected chi connectivity index (χ1v) is 18.0. The van der Waals surface area contributed by atoms with Gasteiger partial charge < -0.3 is 35.7 Å². The van der Waals surface area contributed by atoms with Crippen LogP contribution in [-0.2, 0) is 35.2 Å². The number of nitrogens with one attached hydrogen (secondary N) is 2. The van der Waals surface area contributed by atoms with Crippen LogP contribution in [0, 0.1) is 0 Å². The minimum absolute atomic E-state index is 0.0335. The van der Waals surface area contributed by atoms with Crippen LogP contribution in [0.25, 0.3) is 0 Å². The molecule has 2 fully saturated rings. The summed E-state index contributed by atoms with van der Waals surface area (Å²) in [4.78, 5) is 40.1. The number of rotatable bonds is 14. The number of ether oxygens (including phenoxy) is 3. The zero-order valence-corrected chi connectivity index (χ0v) is 29.9. The number of likely N-dealkylation sites (tertiary alicyclic amines) is 1. The van der Waals surface area contributed by atoms with Gasteiger partial charge in [0.2, 0.25) is 11.8 Å². The number of carbonyl (C=O) groups is 3. The Hall–Kier alpha value is -4.29. The van der Waals surface area contributed by atoms with Crippen LogP contribution < -0.4 is 16.4 Å². The molecule has 2 aliphatic rings. The SMILES string of the molecule is CC(C)(C)OC(=O)[C@@H]1CCCN1C[C@@H]1C[C@H](c2ccc(CO)cc2)O[C@H](c2ccc(NC(=O)CCCCCC(=O)Nc3ccccc3N)cc2)O1. The number of unbranched alkanes of at least 4 members (excludes halogenated alkanes) is 2. The Balaban J connectivity index is 1.15. The van der Waals surface area contributed by atoms with Crippen LogP contribution in [0.4, 0.5) is 17.1 Å². The summed E-state index contributed by atoms with van der Waals surface area (Å²) < 4.78 is 18.8. The molecular formula is C40H52N4O7. The van der Waals surface area contributed by atoms with Crippen molar-refractivity contribution in [3.8, 4) is 0 Å². The lowest BCUT2D eigenvalue weighted by Crippen LogP contribution is -2.45. The number of nitrogen functional groups attached to an aromatic ring is 1. The molecule has 4 atom stereocenters. The van der Waals surface area contributed by atoms with Crippen molar-refractivity contribution < 1.29 is 33.7 Å². The van der Waals surface area contributed by atoms with Gasteiger partial charge in [0, 0.05) is 37.1 Å². The van der Waals surface area contributed by atoms with Gasteiger partial charge >= 0.3 is 5.97 Å². The van der Waals surface area contributed by atoms with E-state index < -0.39 is 11.9 Å². The zero-order chi connectivity index (χ0) is 36.4. The molecule has 0 aliphatic carbocycles. The van der Waals surface area contributed by atoms with E-state index in [1.54, 1.807) is 12.1 Å². The van der Waals surface area contributed by atoms with Crippen molar-refractivity contribution in [1.29, 1.82) is 0 Å². The Morgan fingerprint density at radius 3 is 2.22 bits per heavy atom. The second kappa shape index (κ2) is 17.8. The number of nitrogens with zero attached hydrogens (tertiary/aromatic N) is 1. The molecule has 0 spiro atoms. The number of esters is 1. The number of hydrogen-bond acceptors (Lipinski definition) is 9. The third-order valence-corrected chi connectivity index (χ3v) is 9.10. The number of aliphatic hydroxyl groups is 1. The molecule has 2 amide bonds. The summed E-state index contributed by atoms with van der Waals surface area (Å²) in [5.41, 5.74) is 9.77. The van der Waals surface area contributed by atoms with E-state index in [9.17, 15) is 19.5 Å². The Kier molecular flexibility index (Phi) is 13.2. The van der Waals surface area contributed by atoms with Crippen LogP contribution in [0.5, 0.6) is 0 Å². The van der Waals surface area contributed by atoms with E-state index in [1.807, 2.05) is 81.4 Å². The molecule has 2 heterocycles. The van der Waals surface area contributed by atoms with Crippen molar-refractivity contribution in [2.45, 2.75) is 109 Å². The van der Waals surface area contributed by atoms with Crippen LogP contribution >= 0.6 is 0 Å². The van der Waals surface area contributed by atoms with Crippen LogP contribution in [-0.4, -0.2) is 58.6 Å². The molecule has 274 valence electrons. The lowest BCUT2D eigenvalue weighted by Gasteiger charge is -2.38. The van der Waals surface area contributed by atoms with E-state index in [4.69, 9.17) is 19.9 Å². The molecule has 5 N–H and O–H groups in total. The maximum Gasteiger partial charge on any atom is 0.323 e. The lowest BCUT2D eigenvalue weighted by atomic mass is 9.99. The molecule has 3 aromatic carbocycles. The van der Waals surface area contributed by atoms with Crippen LogP contribution in [0.3, 0.4) is 0 Å². The van der Waals surface area contributed by atoms with Crippen LogP contribution in [0.2, 0.25) is 0 Å². The third-order valence-electron chi connectivity index (χ3n) is 9.10. The van der Waals surface area contributed by atoms with Crippen LogP contribution in [0.15, 0.2) is 72.8 Å². The van der Waals surface area contributed by atoms with Gasteiger partial charge in [-0.1, -0.05) is 55.0 Å². The van der Waals surface area contributed by atoms with E-state index >= 15 is 0 Å². The molecule has 2 saturated heterocycles. The number of para-hydroxylation sites is 2. The van der Waals surface area contributed by atoms with Crippen LogP contribution in [0.1, 0.15) is 101 Å². The van der Waals surface area contributed by atoms with Gasteiger partial charge in [0.15, 0.2) is 6.29 Å². The van der Waals surface area contributed by atoms with Crippen molar-refractivity contribution >= 4 is 34.8 Å². The van der Waals surface area contributed by atoms with Gasteiger partial charge in [0.1, 0.15) is 11.6 Å². The maximum atomic E-state index is 13.0. The molecule has 0 saturated carbocycles. The normalized spacial score (nSPS) is 20.9. The fourth-order valence-electron chi connectivity index (χ4n) is 6.49. The van der Waals surface area contributed by atoms with Gasteiger partial charge in [-0.2, -0.15) is 0 Å². The third kappa shape index (κ3) is 11.4. The van der Waals surface area contributed by atoms with Gasteiger partial charge in [0.25, 0.3) is 0 Å². The molecule has 5 rings (SSSR count). The zero-order valence-electron chi connectivity index (χ0n) is 29.9. The number of hydrogen-bond donors (Lipinski definition) is 4. The Labute approximate surface area is 300 Å². The Morgan fingerprint density at radius 2 is 1.55 bits per heavy atom. The van der Waals surface area contributed by atoms with Crippen molar-refractivity contribution in [3.63, 3.8) is 0 Å². The van der Waals surface area contributed by atoms with Gasteiger partial charge in [0.05, 0.1) is 30.2 Å². The van der Waals surface area contributed by atoms with Gasteiger partial charge in [-0.05, 0) is 88.4 Å². The predicted octanol–water partition coefficient (Wildman–Crippen LogP) is 6.64. The highest BCUT2D eigenvalue weighted by Crippen LogP contribution is 2.39. The first-order chi connectivity index (χ1) is 24.5. The predicted molar refractivity (Wildman–Crippen MR) is 197 cm³/mol. The molecule has 0 unspecified atom stereocenters. The van der Waals surface area contributed by atoms with Gasteiger partial charge in [-0.3, -0.25) is 19.3 Å². The van der Waals surface area contributed by atoms with E-state index in [2.05, 4.69) is 15.5 Å². The second-order valence-electron chi connectivity index (χ2n) is 14.4. The summed E-state index contributed by atoms with van der Waals surface area (Å²) in [5.74, 6) is -0.387. The average Bonchev–Trinajstić information content (AvgIpc) is 3.57. The maximum absolute atomic E-state index is 13.0. The standard InChI is InChI=1S/C40H52N4O7/c1-40(2,3)51-38(48)34-12-9-23-44(34)25-31-24-35(28-17-15-27(26-45)16-18-28)50-39(49-31)29-19-21-30(22-20-29)42-36(46)13-5-4-6-14-37(47)43-33-11-8-7-10-32(33)41/h7-8,10-11,15-22,31,34-35,39,45H,4-6,9,12-14,23-26,41H2,1-3H3,(H,42,46)(H,43,47)/t31-,34-,35+,39+/m0/s1. The van der Waals surface area contributed by atoms with E-state index in [-0.39, 0.29) is 42.6 Å². The summed E-state index contributed by atoms with van der Waals surface area (Å²) in [7, 11) is 0. The van der Waals surface area contributed by atoms with Crippen molar-refractivity contribution in [2.75, 3.05) is 29.5 Å². The van der Waals surface area contributed by atoms with Crippen molar-refractivity contribution in [3.05, 3.63) is 89.5 Å². The molecule has 3 aromatic rings. The highest BCUT2D eigenvalue weighted by Gasteiger charge is 2.39. The Morgan fingerprint density at radius 1 is 0.882 bits per heavy atom. The van der Waals surface area contributed by atoms with E-state index in [1.165, 1.54) is 0 Å². The minimum atomic E-state index is -0.658. The number of anilines is 3. The molecule has 0 radical (unpaired) electrons. The second-order valence-corrected chi connectivity index (χ2v) is 14.4. The molecule has 11 heteroatoms. The molecule has 51 heavy (non-hydrogen) atoms. The summed E-state index contributed by atoms with van der Waals surface area (Å²) >= 11 is 0. The number of amides is 2. The number of carbonyl (C=O) groups excluding carboxylic acids is 3. The largest absolute Gasteiger partial charge is 0.459 e. The molecular weight excluding hydrogens is 648 g/mol. The summed E-state index contributed by atoms with van der Waals surface area (Å²) in [6, 6.07) is 22.1. The number of nitrogens with two attached hydrogens (primary N) is 1. The topological polar surface area (TPSA) is 152 Å². The smallest absolute Gasteiger partial charge is 0.323 e. The number of aliphatic hydroxyl groups excluding tert-OH is 1. The molecule has 2 aliphatic heterocycles. The minimum Gasteiger partial charge on any atom is -0.459 e. The Bertz CT molecular complexity index is 1610. The van der Waals surface area contributed by atoms with Gasteiger partial charge in [-0.15, -0.1) is 0 Å². The van der Waals surface area contributed by atoms with Crippen molar-refractivity contribution in [1.82, 2.24) is 4.90 Å². The molecule has 0 bridgehead atoms. The summed E-state index contributed by atoms with van der Waals surface area (Å²) in [6.07, 6.45) is 3.95. The van der Waals surface area contributed by atoms with Crippen molar-refractivity contribution in [2.24, 2.45) is 0 Å². The van der Waals surface area contributed by atoms with E-state index in [0.29, 0.717) is 55.7 Å². The van der Waals surface area contributed by atoms with Gasteiger partial charge in [-0.25, -0.2) is 0 Å².